The summed E-state index contributed by atoms with van der Waals surface area (Å²) in [6.45, 7) is 2.47. The molecule has 1 aromatic rings. The van der Waals surface area contributed by atoms with Crippen LogP contribution in [0, 0.1) is 0 Å². The van der Waals surface area contributed by atoms with Crippen molar-refractivity contribution in [1.82, 2.24) is 15.3 Å². The van der Waals surface area contributed by atoms with E-state index in [-0.39, 0.29) is 0 Å². The van der Waals surface area contributed by atoms with Gasteiger partial charge in [0.25, 0.3) is 0 Å². The van der Waals surface area contributed by atoms with Crippen LogP contribution >= 0.6 is 0 Å². The van der Waals surface area contributed by atoms with Gasteiger partial charge in [0.1, 0.15) is 6.04 Å². The number of aromatic nitrogens is 2. The Hall–Kier alpha value is -1.69. The van der Waals surface area contributed by atoms with Crippen LogP contribution in [-0.2, 0) is 11.3 Å². The average molecular weight is 253 g/mol. The van der Waals surface area contributed by atoms with Crippen LogP contribution in [0.4, 0.5) is 0 Å². The van der Waals surface area contributed by atoms with E-state index >= 15 is 0 Å². The molecular formula is C12H19N3O3. The Bertz CT molecular complexity index is 367. The van der Waals surface area contributed by atoms with Crippen molar-refractivity contribution < 1.29 is 14.6 Å². The van der Waals surface area contributed by atoms with Gasteiger partial charge in [0.05, 0.1) is 7.11 Å². The van der Waals surface area contributed by atoms with Gasteiger partial charge in [0.2, 0.25) is 0 Å². The highest BCUT2D eigenvalue weighted by atomic mass is 16.5. The monoisotopic (exact) mass is 253 g/mol. The van der Waals surface area contributed by atoms with Crippen LogP contribution in [-0.4, -0.2) is 34.2 Å². The first-order chi connectivity index (χ1) is 8.67. The number of carboxylic acids is 1. The smallest absolute Gasteiger partial charge is 0.320 e. The van der Waals surface area contributed by atoms with Gasteiger partial charge in [-0.15, -0.1) is 0 Å². The maximum absolute atomic E-state index is 11.0. The Kier molecular flexibility index (Phi) is 6.07. The highest BCUT2D eigenvalue weighted by Gasteiger charge is 2.15. The van der Waals surface area contributed by atoms with E-state index in [0.29, 0.717) is 19.0 Å². The maximum Gasteiger partial charge on any atom is 0.320 e. The minimum atomic E-state index is -0.821. The maximum atomic E-state index is 11.0. The molecule has 0 fully saturated rings. The van der Waals surface area contributed by atoms with Gasteiger partial charge in [-0.2, -0.15) is 0 Å². The van der Waals surface area contributed by atoms with Gasteiger partial charge in [-0.05, 0) is 6.42 Å². The van der Waals surface area contributed by atoms with Crippen molar-refractivity contribution in [3.63, 3.8) is 0 Å². The highest BCUT2D eigenvalue weighted by molar-refractivity contribution is 5.73. The van der Waals surface area contributed by atoms with Gasteiger partial charge in [0.15, 0.2) is 0 Å². The Morgan fingerprint density at radius 1 is 1.50 bits per heavy atom. The fraction of sp³-hybridized carbons (Fsp3) is 0.583. The summed E-state index contributed by atoms with van der Waals surface area (Å²) >= 11 is 0. The summed E-state index contributed by atoms with van der Waals surface area (Å²) in [6, 6.07) is -0.216. The second-order valence-corrected chi connectivity index (χ2v) is 3.99. The van der Waals surface area contributed by atoms with E-state index in [0.717, 1.165) is 18.4 Å². The lowest BCUT2D eigenvalue weighted by Crippen LogP contribution is -2.36. The molecule has 2 N–H and O–H groups in total. The van der Waals surface area contributed by atoms with Crippen LogP contribution in [0.1, 0.15) is 31.7 Å². The van der Waals surface area contributed by atoms with E-state index in [9.17, 15) is 4.79 Å². The third-order valence-electron chi connectivity index (χ3n) is 2.56. The van der Waals surface area contributed by atoms with Crippen molar-refractivity contribution in [1.29, 1.82) is 0 Å². The molecule has 1 aromatic heterocycles. The molecule has 0 bridgehead atoms. The molecule has 1 atom stereocenters. The zero-order valence-electron chi connectivity index (χ0n) is 10.7. The van der Waals surface area contributed by atoms with Crippen molar-refractivity contribution in [3.05, 3.63) is 18.0 Å². The number of aliphatic carboxylic acids is 1. The number of hydrogen-bond acceptors (Lipinski definition) is 5. The minimum absolute atomic E-state index is 0.305. The zero-order valence-corrected chi connectivity index (χ0v) is 10.7. The quantitative estimate of drug-likeness (QED) is 0.724. The molecule has 1 heterocycles. The van der Waals surface area contributed by atoms with Gasteiger partial charge in [0, 0.05) is 24.5 Å². The van der Waals surface area contributed by atoms with Crippen molar-refractivity contribution >= 4 is 5.97 Å². The fourth-order valence-electron chi connectivity index (χ4n) is 1.50. The Morgan fingerprint density at radius 3 is 2.67 bits per heavy atom. The van der Waals surface area contributed by atoms with Crippen molar-refractivity contribution in [2.45, 2.75) is 38.8 Å². The second kappa shape index (κ2) is 7.60. The molecule has 18 heavy (non-hydrogen) atoms. The van der Waals surface area contributed by atoms with Crippen LogP contribution < -0.4 is 10.1 Å². The number of ether oxygens (including phenoxy) is 1. The fourth-order valence-corrected chi connectivity index (χ4v) is 1.50. The Labute approximate surface area is 106 Å². The molecule has 0 aromatic carbocycles. The molecule has 0 radical (unpaired) electrons. The summed E-state index contributed by atoms with van der Waals surface area (Å²) in [4.78, 5) is 18.9. The predicted octanol–water partition coefficient (Wildman–Crippen LogP) is 1.22. The van der Waals surface area contributed by atoms with Gasteiger partial charge in [-0.3, -0.25) is 4.79 Å². The lowest BCUT2D eigenvalue weighted by molar-refractivity contribution is -0.139. The number of carbonyl (C=O) groups is 1. The number of hydrogen-bond donors (Lipinski definition) is 2. The van der Waals surface area contributed by atoms with E-state index in [1.165, 1.54) is 7.11 Å². The van der Waals surface area contributed by atoms with Crippen molar-refractivity contribution in [2.24, 2.45) is 0 Å². The van der Waals surface area contributed by atoms with Gasteiger partial charge >= 0.3 is 12.0 Å². The molecule has 100 valence electrons. The SMILES string of the molecule is CCCC[C@@H](NCc1cnc(OC)nc1)C(=O)O. The van der Waals surface area contributed by atoms with E-state index in [2.05, 4.69) is 15.3 Å². The van der Waals surface area contributed by atoms with E-state index in [1.54, 1.807) is 12.4 Å². The first kappa shape index (κ1) is 14.4. The van der Waals surface area contributed by atoms with Crippen LogP contribution in [0.5, 0.6) is 6.01 Å². The summed E-state index contributed by atoms with van der Waals surface area (Å²) in [7, 11) is 1.50. The lowest BCUT2D eigenvalue weighted by Gasteiger charge is -2.13. The standard InChI is InChI=1S/C12H19N3O3/c1-3-4-5-10(11(16)17)13-6-9-7-14-12(18-2)15-8-9/h7-8,10,13H,3-6H2,1-2H3,(H,16,17)/t10-/m1/s1. The number of nitrogens with one attached hydrogen (secondary N) is 1. The molecule has 0 saturated carbocycles. The number of unbranched alkanes of at least 4 members (excludes halogenated alkanes) is 1. The zero-order chi connectivity index (χ0) is 13.4. The summed E-state index contributed by atoms with van der Waals surface area (Å²) in [6.07, 6.45) is 5.75. The number of nitrogens with zero attached hydrogens (tertiary/aromatic N) is 2. The first-order valence-corrected chi connectivity index (χ1v) is 5.98. The minimum Gasteiger partial charge on any atom is -0.480 e. The highest BCUT2D eigenvalue weighted by Crippen LogP contribution is 2.04. The van der Waals surface area contributed by atoms with E-state index < -0.39 is 12.0 Å². The third-order valence-corrected chi connectivity index (χ3v) is 2.56. The van der Waals surface area contributed by atoms with Crippen LogP contribution in [0.15, 0.2) is 12.4 Å². The van der Waals surface area contributed by atoms with Gasteiger partial charge in [-0.1, -0.05) is 19.8 Å². The molecule has 6 heteroatoms. The normalized spacial score (nSPS) is 12.1. The Balaban J connectivity index is 2.47. The average Bonchev–Trinajstić information content (AvgIpc) is 2.39. The van der Waals surface area contributed by atoms with Gasteiger partial charge in [-0.25, -0.2) is 9.97 Å². The molecule has 0 amide bonds. The summed E-state index contributed by atoms with van der Waals surface area (Å²) in [5, 5.41) is 12.0. The molecule has 0 unspecified atom stereocenters. The molecule has 6 nitrogen and oxygen atoms in total. The largest absolute Gasteiger partial charge is 0.480 e. The van der Waals surface area contributed by atoms with E-state index in [4.69, 9.17) is 9.84 Å². The van der Waals surface area contributed by atoms with Crippen molar-refractivity contribution in [2.75, 3.05) is 7.11 Å². The second-order valence-electron chi connectivity index (χ2n) is 3.99. The lowest BCUT2D eigenvalue weighted by atomic mass is 10.1. The van der Waals surface area contributed by atoms with Crippen LogP contribution in [0.25, 0.3) is 0 Å². The Morgan fingerprint density at radius 2 is 2.17 bits per heavy atom. The van der Waals surface area contributed by atoms with Crippen molar-refractivity contribution in [3.8, 4) is 6.01 Å². The molecular weight excluding hydrogens is 234 g/mol. The number of rotatable bonds is 8. The topological polar surface area (TPSA) is 84.3 Å². The molecule has 0 spiro atoms. The molecule has 0 saturated heterocycles. The summed E-state index contributed by atoms with van der Waals surface area (Å²) in [5.41, 5.74) is 0.832. The predicted molar refractivity (Wildman–Crippen MR) is 66.4 cm³/mol. The first-order valence-electron chi connectivity index (χ1n) is 5.98. The summed E-state index contributed by atoms with van der Waals surface area (Å²) in [5.74, 6) is -0.821. The third kappa shape index (κ3) is 4.67. The van der Waals surface area contributed by atoms with Crippen LogP contribution in [0.3, 0.4) is 0 Å². The van der Waals surface area contributed by atoms with Gasteiger partial charge < -0.3 is 15.2 Å². The molecule has 1 rings (SSSR count). The molecule has 0 aliphatic rings. The molecule has 0 aliphatic heterocycles. The number of methoxy groups -OCH3 is 1. The number of carboxylic acid groups (broad SMARTS) is 1. The molecule has 0 aliphatic carbocycles. The van der Waals surface area contributed by atoms with E-state index in [1.807, 2.05) is 6.92 Å². The van der Waals surface area contributed by atoms with Crippen LogP contribution in [0.2, 0.25) is 0 Å². The summed E-state index contributed by atoms with van der Waals surface area (Å²) < 4.78 is 4.85.